The number of likely N-dealkylation sites (tertiary alicyclic amines) is 1. The average molecular weight is 424 g/mol. The first-order valence-electron chi connectivity index (χ1n) is 10.7. The van der Waals surface area contributed by atoms with Gasteiger partial charge in [-0.25, -0.2) is 8.78 Å². The van der Waals surface area contributed by atoms with Gasteiger partial charge in [0.25, 0.3) is 5.91 Å². The predicted molar refractivity (Wildman–Crippen MR) is 109 cm³/mol. The van der Waals surface area contributed by atoms with Crippen molar-refractivity contribution in [3.63, 3.8) is 0 Å². The summed E-state index contributed by atoms with van der Waals surface area (Å²) in [5, 5.41) is 2.53. The van der Waals surface area contributed by atoms with E-state index in [9.17, 15) is 18.4 Å². The van der Waals surface area contributed by atoms with E-state index in [0.29, 0.717) is 12.0 Å². The fourth-order valence-electron chi connectivity index (χ4n) is 4.37. The molecule has 2 amide bonds. The van der Waals surface area contributed by atoms with Gasteiger partial charge in [0.15, 0.2) is 0 Å². The number of nitrogens with zero attached hydrogens (tertiary/aromatic N) is 2. The highest BCUT2D eigenvalue weighted by molar-refractivity contribution is 5.94. The van der Waals surface area contributed by atoms with Gasteiger partial charge in [-0.2, -0.15) is 0 Å². The van der Waals surface area contributed by atoms with E-state index in [2.05, 4.69) is 24.1 Å². The van der Waals surface area contributed by atoms with Crippen molar-refractivity contribution in [1.29, 1.82) is 0 Å². The van der Waals surface area contributed by atoms with Crippen LogP contribution in [-0.2, 0) is 9.53 Å². The van der Waals surface area contributed by atoms with Crippen LogP contribution in [0.25, 0.3) is 0 Å². The molecule has 2 aliphatic rings. The molecule has 1 N–H and O–H groups in total. The Labute approximate surface area is 176 Å². The number of amides is 2. The van der Waals surface area contributed by atoms with Gasteiger partial charge in [0.1, 0.15) is 11.6 Å². The molecule has 3 rings (SSSR count). The zero-order chi connectivity index (χ0) is 21.7. The lowest BCUT2D eigenvalue weighted by Crippen LogP contribution is -2.48. The Morgan fingerprint density at radius 1 is 1.13 bits per heavy atom. The molecule has 0 aliphatic carbocycles. The third kappa shape index (κ3) is 6.22. The van der Waals surface area contributed by atoms with Gasteiger partial charge in [0, 0.05) is 51.8 Å². The molecule has 2 aliphatic heterocycles. The third-order valence-electron chi connectivity index (χ3n) is 5.78. The minimum atomic E-state index is -0.912. The van der Waals surface area contributed by atoms with Gasteiger partial charge in [0.2, 0.25) is 5.91 Å². The Balaban J connectivity index is 1.36. The van der Waals surface area contributed by atoms with Crippen LogP contribution in [0.2, 0.25) is 0 Å². The SMILES string of the molecule is CC1CN(CC2CCN(C(=O)CCNC(=O)c3ccc(F)cc3F)CC2)CC(C)O1. The Kier molecular flexibility index (Phi) is 7.77. The van der Waals surface area contributed by atoms with E-state index in [1.807, 2.05) is 4.90 Å². The van der Waals surface area contributed by atoms with Crippen molar-refractivity contribution in [3.05, 3.63) is 35.4 Å². The molecule has 0 radical (unpaired) electrons. The first kappa shape index (κ1) is 22.6. The van der Waals surface area contributed by atoms with Crippen molar-refractivity contribution >= 4 is 11.8 Å². The molecule has 166 valence electrons. The Hall–Kier alpha value is -2.06. The smallest absolute Gasteiger partial charge is 0.254 e. The van der Waals surface area contributed by atoms with Gasteiger partial charge in [-0.05, 0) is 44.7 Å². The first-order chi connectivity index (χ1) is 14.3. The Bertz CT molecular complexity index is 743. The van der Waals surface area contributed by atoms with Gasteiger partial charge >= 0.3 is 0 Å². The highest BCUT2D eigenvalue weighted by atomic mass is 19.1. The molecule has 0 aromatic heterocycles. The molecule has 6 nitrogen and oxygen atoms in total. The van der Waals surface area contributed by atoms with Crippen LogP contribution in [0.3, 0.4) is 0 Å². The summed E-state index contributed by atoms with van der Waals surface area (Å²) >= 11 is 0. The van der Waals surface area contributed by atoms with Crippen LogP contribution in [-0.4, -0.2) is 73.1 Å². The number of hydrogen-bond acceptors (Lipinski definition) is 4. The van der Waals surface area contributed by atoms with E-state index in [1.54, 1.807) is 0 Å². The summed E-state index contributed by atoms with van der Waals surface area (Å²) in [5.41, 5.74) is -0.226. The van der Waals surface area contributed by atoms with Crippen LogP contribution >= 0.6 is 0 Å². The van der Waals surface area contributed by atoms with Crippen molar-refractivity contribution < 1.29 is 23.1 Å². The maximum atomic E-state index is 13.6. The van der Waals surface area contributed by atoms with E-state index in [0.717, 1.165) is 57.7 Å². The molecule has 2 heterocycles. The molecule has 30 heavy (non-hydrogen) atoms. The number of benzene rings is 1. The van der Waals surface area contributed by atoms with Crippen LogP contribution in [0, 0.1) is 17.6 Å². The summed E-state index contributed by atoms with van der Waals surface area (Å²) in [7, 11) is 0. The number of carbonyl (C=O) groups excluding carboxylic acids is 2. The molecule has 0 saturated carbocycles. The van der Waals surface area contributed by atoms with Gasteiger partial charge in [-0.3, -0.25) is 14.5 Å². The molecule has 2 unspecified atom stereocenters. The molecule has 1 aromatic rings. The first-order valence-corrected chi connectivity index (χ1v) is 10.7. The quantitative estimate of drug-likeness (QED) is 0.764. The van der Waals surface area contributed by atoms with Crippen molar-refractivity contribution in [2.24, 2.45) is 5.92 Å². The lowest BCUT2D eigenvalue weighted by molar-refractivity contribution is -0.132. The van der Waals surface area contributed by atoms with E-state index in [1.165, 1.54) is 0 Å². The second-order valence-electron chi connectivity index (χ2n) is 8.43. The third-order valence-corrected chi connectivity index (χ3v) is 5.78. The summed E-state index contributed by atoms with van der Waals surface area (Å²) in [4.78, 5) is 28.7. The highest BCUT2D eigenvalue weighted by Crippen LogP contribution is 2.21. The number of rotatable bonds is 6. The van der Waals surface area contributed by atoms with Gasteiger partial charge < -0.3 is 15.0 Å². The van der Waals surface area contributed by atoms with Crippen molar-refractivity contribution in [1.82, 2.24) is 15.1 Å². The van der Waals surface area contributed by atoms with Crippen LogP contribution in [0.15, 0.2) is 18.2 Å². The second-order valence-corrected chi connectivity index (χ2v) is 8.43. The molecule has 8 heteroatoms. The number of ether oxygens (including phenoxy) is 1. The van der Waals surface area contributed by atoms with E-state index >= 15 is 0 Å². The lowest BCUT2D eigenvalue weighted by atomic mass is 9.95. The van der Waals surface area contributed by atoms with Crippen molar-refractivity contribution in [2.75, 3.05) is 39.3 Å². The number of morpholine rings is 1. The standard InChI is InChI=1S/C22H31F2N3O3/c1-15-12-26(13-16(2)30-15)14-17-6-9-27(10-7-17)21(28)5-8-25-22(29)19-4-3-18(23)11-20(19)24/h3-4,11,15-17H,5-10,12-14H2,1-2H3,(H,25,29). The van der Waals surface area contributed by atoms with Gasteiger partial charge in [-0.1, -0.05) is 0 Å². The topological polar surface area (TPSA) is 61.9 Å². The highest BCUT2D eigenvalue weighted by Gasteiger charge is 2.27. The summed E-state index contributed by atoms with van der Waals surface area (Å²) in [6.45, 7) is 8.73. The normalized spacial score (nSPS) is 23.4. The van der Waals surface area contributed by atoms with Crippen LogP contribution in [0.4, 0.5) is 8.78 Å². The molecule has 2 fully saturated rings. The van der Waals surface area contributed by atoms with E-state index in [-0.39, 0.29) is 36.6 Å². The Morgan fingerprint density at radius 2 is 1.80 bits per heavy atom. The number of halogens is 2. The van der Waals surface area contributed by atoms with Crippen LogP contribution in [0.1, 0.15) is 43.5 Å². The summed E-state index contributed by atoms with van der Waals surface area (Å²) < 4.78 is 32.4. The minimum absolute atomic E-state index is 0.0121. The van der Waals surface area contributed by atoms with E-state index < -0.39 is 17.5 Å². The molecule has 0 bridgehead atoms. The van der Waals surface area contributed by atoms with E-state index in [4.69, 9.17) is 4.74 Å². The monoisotopic (exact) mass is 423 g/mol. The summed E-state index contributed by atoms with van der Waals surface area (Å²) in [5.74, 6) is -1.73. The number of hydrogen-bond donors (Lipinski definition) is 1. The molecule has 1 aromatic carbocycles. The number of piperidine rings is 1. The molecule has 2 saturated heterocycles. The fraction of sp³-hybridized carbons (Fsp3) is 0.636. The average Bonchev–Trinajstić information content (AvgIpc) is 2.67. The van der Waals surface area contributed by atoms with Crippen LogP contribution in [0.5, 0.6) is 0 Å². The largest absolute Gasteiger partial charge is 0.373 e. The van der Waals surface area contributed by atoms with Crippen molar-refractivity contribution in [2.45, 2.75) is 45.3 Å². The summed E-state index contributed by atoms with van der Waals surface area (Å²) in [6, 6.07) is 2.80. The zero-order valence-corrected chi connectivity index (χ0v) is 17.7. The molecular formula is C22H31F2N3O3. The zero-order valence-electron chi connectivity index (χ0n) is 17.7. The maximum absolute atomic E-state index is 13.6. The van der Waals surface area contributed by atoms with Crippen molar-refractivity contribution in [3.8, 4) is 0 Å². The molecule has 0 spiro atoms. The maximum Gasteiger partial charge on any atom is 0.254 e. The lowest BCUT2D eigenvalue weighted by Gasteiger charge is -2.39. The predicted octanol–water partition coefficient (Wildman–Crippen LogP) is 2.43. The number of carbonyl (C=O) groups is 2. The minimum Gasteiger partial charge on any atom is -0.373 e. The van der Waals surface area contributed by atoms with Gasteiger partial charge in [0.05, 0.1) is 17.8 Å². The fourth-order valence-corrected chi connectivity index (χ4v) is 4.37. The number of nitrogens with one attached hydrogen (secondary N) is 1. The summed E-state index contributed by atoms with van der Waals surface area (Å²) in [6.07, 6.45) is 2.62. The second kappa shape index (κ2) is 10.3. The Morgan fingerprint density at radius 3 is 2.43 bits per heavy atom. The van der Waals surface area contributed by atoms with Crippen LogP contribution < -0.4 is 5.32 Å². The molecular weight excluding hydrogens is 392 g/mol. The van der Waals surface area contributed by atoms with Gasteiger partial charge in [-0.15, -0.1) is 0 Å². The molecule has 2 atom stereocenters.